The fourth-order valence-electron chi connectivity index (χ4n) is 12.9. The number of nitrogens with zero attached hydrogens (tertiary/aromatic N) is 2. The molecule has 0 aliphatic carbocycles. The first-order chi connectivity index (χ1) is 44.0. The van der Waals surface area contributed by atoms with Gasteiger partial charge in [-0.25, -0.2) is 4.70 Å². The molecule has 90 heavy (non-hydrogen) atoms. The summed E-state index contributed by atoms with van der Waals surface area (Å²) in [7, 11) is 0. The Kier molecular flexibility index (Phi) is 67.5. The Bertz CT molecular complexity index is 1890. The van der Waals surface area contributed by atoms with Gasteiger partial charge >= 0.3 is 16.5 Å². The second kappa shape index (κ2) is 69.4. The van der Waals surface area contributed by atoms with Crippen molar-refractivity contribution >= 4 is 11.4 Å². The van der Waals surface area contributed by atoms with Crippen molar-refractivity contribution in [3.05, 3.63) is 101 Å². The van der Waals surface area contributed by atoms with Gasteiger partial charge in [-0.05, 0) is 80.3 Å². The number of rotatable bonds is 60. The molecule has 520 valence electrons. The van der Waals surface area contributed by atoms with E-state index >= 15 is 0 Å². The Morgan fingerprint density at radius 2 is 0.611 bits per heavy atom. The third-order valence-corrected chi connectivity index (χ3v) is 18.9. The zero-order valence-corrected chi connectivity index (χ0v) is 62.4. The molecular weight excluding hydrogens is 1130 g/mol. The fraction of sp³-hybridized carbons (Fsp3) is 0.770. The summed E-state index contributed by atoms with van der Waals surface area (Å²) in [5.41, 5.74) is 20.8. The second-order valence-corrected chi connectivity index (χ2v) is 27.6. The average molecular weight is 1280 g/mol. The van der Waals surface area contributed by atoms with E-state index in [0.29, 0.717) is 0 Å². The van der Waals surface area contributed by atoms with Crippen LogP contribution in [0.1, 0.15) is 443 Å². The summed E-state index contributed by atoms with van der Waals surface area (Å²) in [5.74, 6) is 7.22. The first-order valence-electron chi connectivity index (χ1n) is 40.2. The van der Waals surface area contributed by atoms with Crippen molar-refractivity contribution in [1.29, 1.82) is 0 Å². The van der Waals surface area contributed by atoms with Gasteiger partial charge < -0.3 is 19.4 Å². The third kappa shape index (κ3) is 50.1. The van der Waals surface area contributed by atoms with Crippen LogP contribution in [0.2, 0.25) is 0 Å². The summed E-state index contributed by atoms with van der Waals surface area (Å²) in [4.78, 5) is 0. The summed E-state index contributed by atoms with van der Waals surface area (Å²) < 4.78 is 1.48. The number of benzene rings is 2. The summed E-state index contributed by atoms with van der Waals surface area (Å²) in [5, 5.41) is 0. The van der Waals surface area contributed by atoms with Crippen LogP contribution >= 0.6 is 0 Å². The van der Waals surface area contributed by atoms with E-state index in [1.54, 1.807) is 0 Å². The van der Waals surface area contributed by atoms with Crippen LogP contribution in [0, 0.1) is 25.7 Å². The molecule has 1 heterocycles. The minimum absolute atomic E-state index is 0. The molecule has 2 aromatic carbocycles. The minimum atomic E-state index is 0. The first-order valence-corrected chi connectivity index (χ1v) is 40.2. The number of allylic oxidation sites excluding steroid dienone is 2. The molecule has 1 aliphatic heterocycles. The van der Waals surface area contributed by atoms with Gasteiger partial charge in [-0.3, -0.25) is 0 Å². The Morgan fingerprint density at radius 1 is 0.311 bits per heavy atom. The fourth-order valence-corrected chi connectivity index (χ4v) is 12.9. The van der Waals surface area contributed by atoms with Crippen LogP contribution in [0.5, 0.6) is 0 Å². The number of hydrogen-bond acceptors (Lipinski definition) is 0. The Balaban J connectivity index is 0.00000166. The summed E-state index contributed by atoms with van der Waals surface area (Å²) in [6, 6.07) is 17.7. The predicted molar refractivity (Wildman–Crippen MR) is 403 cm³/mol. The van der Waals surface area contributed by atoms with Gasteiger partial charge in [-0.2, -0.15) is 12.8 Å². The van der Waals surface area contributed by atoms with Crippen LogP contribution in [0.3, 0.4) is 0 Å². The van der Waals surface area contributed by atoms with Crippen molar-refractivity contribution in [2.75, 3.05) is 0 Å². The maximum absolute atomic E-state index is 12.0. The van der Waals surface area contributed by atoms with Gasteiger partial charge in [-0.15, -0.1) is 0 Å². The number of aryl methyl sites for hydroxylation is 2. The van der Waals surface area contributed by atoms with E-state index in [4.69, 9.17) is 0 Å². The Hall–Kier alpha value is -2.43. The zero-order chi connectivity index (χ0) is 64.4. The molecule has 0 aromatic heterocycles. The van der Waals surface area contributed by atoms with Crippen molar-refractivity contribution in [1.82, 2.24) is 0 Å². The predicted octanol–water partition coefficient (Wildman–Crippen LogP) is 30.7. The molecule has 0 spiro atoms. The summed E-state index contributed by atoms with van der Waals surface area (Å²) in [6.07, 6.45) is 83.2. The molecular formula is C87H152N2Ni. The molecule has 0 unspecified atom stereocenters. The molecule has 0 saturated heterocycles. The van der Waals surface area contributed by atoms with Crippen molar-refractivity contribution in [2.45, 2.75) is 433 Å². The number of unbranched alkanes of at least 4 members (excludes halogenated alkanes) is 52. The molecule has 1 aliphatic rings. The SMILES string of the molecule is CCCCCCCCCCCCCCCCCCCC#CC1=C(c2ccc(CCCC)cc2)[N+](=[N-])C(c2cccc(CCCC)c2)=C1CCCC.[CH2-]CCCCCCCCCCCCCCCCCC.[CH2-]CCCCCCCCCCCCCCCCCC.[Ni+2]. The molecule has 0 bridgehead atoms. The normalized spacial score (nSPS) is 12.0. The van der Waals surface area contributed by atoms with Crippen LogP contribution in [0.15, 0.2) is 59.7 Å². The van der Waals surface area contributed by atoms with Crippen LogP contribution in [0.25, 0.3) is 16.9 Å². The molecule has 0 amide bonds. The van der Waals surface area contributed by atoms with Gasteiger partial charge in [0.25, 0.3) is 0 Å². The van der Waals surface area contributed by atoms with E-state index in [-0.39, 0.29) is 16.5 Å². The largest absolute Gasteiger partial charge is 2.00 e. The van der Waals surface area contributed by atoms with E-state index in [0.717, 1.165) is 85.9 Å². The average Bonchev–Trinajstić information content (AvgIpc) is 1.64. The van der Waals surface area contributed by atoms with Crippen LogP contribution in [-0.2, 0) is 29.3 Å². The van der Waals surface area contributed by atoms with E-state index in [9.17, 15) is 5.53 Å². The molecule has 0 fully saturated rings. The topological polar surface area (TPSA) is 25.3 Å². The smallest absolute Gasteiger partial charge is 0.493 e. The van der Waals surface area contributed by atoms with Gasteiger partial charge in [0.2, 0.25) is 11.4 Å². The van der Waals surface area contributed by atoms with Gasteiger partial charge in [0.1, 0.15) is 5.57 Å². The van der Waals surface area contributed by atoms with Gasteiger partial charge in [0.05, 0.1) is 0 Å². The minimum Gasteiger partial charge on any atom is -0.493 e. The standard InChI is InChI=1S/C49H74N2.2C19H39.Ni/c1-5-9-13-14-15-16-17-18-19-20-21-22-23-24-25-26-27-28-29-36-47-46(35-12-8-4)49(45-34-30-33-43(41-45)32-11-7-3)51(50)48(47)44-39-37-42(38-40-44)31-10-6-2;2*1-3-5-7-9-11-13-15-17-19-18-16-14-12-10-8-6-4-2;/h30,33-34,37-41H,5-28,31-32,35H2,1-4H3;2*1,3-19H2,2H3;/q;2*-1;+2. The monoisotopic (exact) mass is 1280 g/mol. The molecule has 3 rings (SSSR count). The summed E-state index contributed by atoms with van der Waals surface area (Å²) >= 11 is 0. The molecule has 3 heteroatoms. The molecule has 0 radical (unpaired) electrons. The third-order valence-electron chi connectivity index (χ3n) is 18.9. The van der Waals surface area contributed by atoms with Crippen molar-refractivity contribution in [3.8, 4) is 11.8 Å². The maximum Gasteiger partial charge on any atom is 2.00 e. The van der Waals surface area contributed by atoms with Crippen molar-refractivity contribution in [3.63, 3.8) is 0 Å². The van der Waals surface area contributed by atoms with E-state index in [1.807, 2.05) is 0 Å². The zero-order valence-electron chi connectivity index (χ0n) is 61.4. The second-order valence-electron chi connectivity index (χ2n) is 27.6. The van der Waals surface area contributed by atoms with E-state index in [2.05, 4.69) is 116 Å². The van der Waals surface area contributed by atoms with Gasteiger partial charge in [-0.1, -0.05) is 405 Å². The molecule has 0 saturated carbocycles. The van der Waals surface area contributed by atoms with Crippen LogP contribution in [0.4, 0.5) is 0 Å². The van der Waals surface area contributed by atoms with E-state index in [1.165, 1.54) is 355 Å². The van der Waals surface area contributed by atoms with Gasteiger partial charge in [0.15, 0.2) is 0 Å². The Labute approximate surface area is 575 Å². The van der Waals surface area contributed by atoms with Crippen molar-refractivity contribution < 1.29 is 21.2 Å². The molecule has 2 nitrogen and oxygen atoms in total. The molecule has 2 aromatic rings. The van der Waals surface area contributed by atoms with E-state index < -0.39 is 0 Å². The van der Waals surface area contributed by atoms with Crippen LogP contribution < -0.4 is 0 Å². The summed E-state index contributed by atoms with van der Waals surface area (Å²) in [6.45, 7) is 21.4. The van der Waals surface area contributed by atoms with Crippen LogP contribution in [-0.4, -0.2) is 4.70 Å². The molecule has 0 atom stereocenters. The number of hydrogen-bond donors (Lipinski definition) is 0. The first kappa shape index (κ1) is 87.6. The van der Waals surface area contributed by atoms with Crippen molar-refractivity contribution in [2.24, 2.45) is 0 Å². The quantitative estimate of drug-likeness (QED) is 0.0207. The molecule has 0 N–H and O–H groups in total. The Morgan fingerprint density at radius 3 is 0.944 bits per heavy atom. The maximum atomic E-state index is 12.0. The van der Waals surface area contributed by atoms with Gasteiger partial charge in [0, 0.05) is 23.1 Å².